The summed E-state index contributed by atoms with van der Waals surface area (Å²) in [5.74, 6) is -0.629. The molecule has 3 rings (SSSR count). The van der Waals surface area contributed by atoms with Crippen LogP contribution >= 0.6 is 0 Å². The van der Waals surface area contributed by atoms with Crippen LogP contribution in [0.4, 0.5) is 0 Å². The number of fused-ring (bicyclic) bond motifs is 1. The third kappa shape index (κ3) is 3.44. The molecule has 0 aliphatic carbocycles. The van der Waals surface area contributed by atoms with E-state index in [1.165, 1.54) is 18.2 Å². The van der Waals surface area contributed by atoms with Crippen molar-refractivity contribution in [2.45, 2.75) is 23.8 Å². The first kappa shape index (κ1) is 18.4. The van der Waals surface area contributed by atoms with Gasteiger partial charge in [0.1, 0.15) is 5.60 Å². The van der Waals surface area contributed by atoms with Crippen molar-refractivity contribution >= 4 is 21.1 Å². The zero-order valence-corrected chi connectivity index (χ0v) is 15.3. The molecule has 0 spiro atoms. The summed E-state index contributed by atoms with van der Waals surface area (Å²) < 4.78 is 38.6. The summed E-state index contributed by atoms with van der Waals surface area (Å²) in [5.41, 5.74) is 0.748. The summed E-state index contributed by atoms with van der Waals surface area (Å²) in [5, 5.41) is 0. The Morgan fingerprint density at radius 3 is 2.58 bits per heavy atom. The highest BCUT2D eigenvalue weighted by molar-refractivity contribution is 7.89. The molecule has 1 aromatic heterocycles. The largest absolute Gasteiger partial charge is 0.417 e. The predicted octanol–water partition coefficient (Wildman–Crippen LogP) is 2.35. The van der Waals surface area contributed by atoms with Gasteiger partial charge in [-0.25, -0.2) is 17.9 Å². The molecular formula is C18H20N2O5S. The maximum atomic E-state index is 12.7. The summed E-state index contributed by atoms with van der Waals surface area (Å²) in [6.45, 7) is 2.01. The van der Waals surface area contributed by atoms with E-state index in [1.807, 2.05) is 37.3 Å². The average molecular weight is 376 g/mol. The van der Waals surface area contributed by atoms with Gasteiger partial charge in [0.15, 0.2) is 5.58 Å². The first-order valence-electron chi connectivity index (χ1n) is 8.13. The molecule has 26 heavy (non-hydrogen) atoms. The Bertz CT molecular complexity index is 1050. The number of benzene rings is 2. The molecule has 8 heteroatoms. The van der Waals surface area contributed by atoms with Crippen LogP contribution in [0.1, 0.15) is 18.9 Å². The van der Waals surface area contributed by atoms with Crippen LogP contribution in [0.2, 0.25) is 0 Å². The molecule has 138 valence electrons. The van der Waals surface area contributed by atoms with E-state index >= 15 is 0 Å². The molecule has 1 atom stereocenters. The molecule has 0 amide bonds. The van der Waals surface area contributed by atoms with E-state index in [-0.39, 0.29) is 11.4 Å². The van der Waals surface area contributed by atoms with Crippen LogP contribution in [0, 0.1) is 0 Å². The maximum absolute atomic E-state index is 12.7. The predicted molar refractivity (Wildman–Crippen MR) is 97.4 cm³/mol. The Labute approximate surface area is 151 Å². The van der Waals surface area contributed by atoms with E-state index < -0.39 is 21.4 Å². The summed E-state index contributed by atoms with van der Waals surface area (Å²) in [7, 11) is -2.23. The fraction of sp³-hybridized carbons (Fsp3) is 0.278. The van der Waals surface area contributed by atoms with Gasteiger partial charge in [-0.1, -0.05) is 37.3 Å². The van der Waals surface area contributed by atoms with Crippen molar-refractivity contribution in [1.29, 1.82) is 0 Å². The number of nitrogens with one attached hydrogen (secondary N) is 2. The van der Waals surface area contributed by atoms with Crippen LogP contribution in [-0.4, -0.2) is 27.1 Å². The van der Waals surface area contributed by atoms with E-state index in [2.05, 4.69) is 9.71 Å². The number of ether oxygens (including phenoxy) is 1. The Morgan fingerprint density at radius 2 is 1.92 bits per heavy atom. The summed E-state index contributed by atoms with van der Waals surface area (Å²) in [6, 6.07) is 13.7. The number of hydrogen-bond donors (Lipinski definition) is 2. The van der Waals surface area contributed by atoms with Crippen LogP contribution in [0.15, 0.2) is 62.6 Å². The Morgan fingerprint density at radius 1 is 1.19 bits per heavy atom. The smallest absolute Gasteiger partial charge is 0.408 e. The van der Waals surface area contributed by atoms with Gasteiger partial charge in [0, 0.05) is 13.7 Å². The van der Waals surface area contributed by atoms with Gasteiger partial charge >= 0.3 is 5.76 Å². The number of rotatable bonds is 7. The van der Waals surface area contributed by atoms with Gasteiger partial charge in [-0.3, -0.25) is 4.98 Å². The first-order chi connectivity index (χ1) is 12.4. The minimum atomic E-state index is -3.80. The number of oxazole rings is 1. The second kappa shape index (κ2) is 7.06. The van der Waals surface area contributed by atoms with Crippen molar-refractivity contribution < 1.29 is 17.6 Å². The standard InChI is InChI=1S/C18H20N2O5S/c1-3-18(24-2,13-7-5-4-6-8-13)12-19-26(22,23)14-9-10-16-15(11-14)20-17(21)25-16/h4-11,19H,3,12H2,1-2H3,(H,20,21). The average Bonchev–Trinajstić information content (AvgIpc) is 3.03. The lowest BCUT2D eigenvalue weighted by atomic mass is 9.91. The first-order valence-corrected chi connectivity index (χ1v) is 9.62. The lowest BCUT2D eigenvalue weighted by molar-refractivity contribution is -0.0133. The fourth-order valence-corrected chi connectivity index (χ4v) is 4.01. The topological polar surface area (TPSA) is 101 Å². The van der Waals surface area contributed by atoms with Crippen LogP contribution < -0.4 is 10.5 Å². The zero-order chi connectivity index (χ0) is 18.8. The Hall–Kier alpha value is -2.42. The van der Waals surface area contributed by atoms with Crippen molar-refractivity contribution in [3.05, 3.63) is 64.6 Å². The van der Waals surface area contributed by atoms with Gasteiger partial charge in [-0.2, -0.15) is 0 Å². The molecule has 0 saturated heterocycles. The maximum Gasteiger partial charge on any atom is 0.417 e. The summed E-state index contributed by atoms with van der Waals surface area (Å²) in [6.07, 6.45) is 0.587. The molecule has 1 unspecified atom stereocenters. The number of aromatic amines is 1. The van der Waals surface area contributed by atoms with Gasteiger partial charge in [0.25, 0.3) is 0 Å². The zero-order valence-electron chi connectivity index (χ0n) is 14.5. The van der Waals surface area contributed by atoms with Gasteiger partial charge in [-0.05, 0) is 30.2 Å². The number of aromatic nitrogens is 1. The highest BCUT2D eigenvalue weighted by atomic mass is 32.2. The van der Waals surface area contributed by atoms with Crippen LogP contribution in [0.3, 0.4) is 0 Å². The minimum Gasteiger partial charge on any atom is -0.408 e. The monoisotopic (exact) mass is 376 g/mol. The normalized spacial score (nSPS) is 14.4. The highest BCUT2D eigenvalue weighted by Gasteiger charge is 2.32. The van der Waals surface area contributed by atoms with E-state index in [9.17, 15) is 13.2 Å². The number of methoxy groups -OCH3 is 1. The molecular weight excluding hydrogens is 356 g/mol. The van der Waals surface area contributed by atoms with Crippen molar-refractivity contribution in [3.63, 3.8) is 0 Å². The molecule has 1 heterocycles. The molecule has 0 fully saturated rings. The van der Waals surface area contributed by atoms with E-state index in [0.717, 1.165) is 5.56 Å². The second-order valence-electron chi connectivity index (χ2n) is 5.92. The van der Waals surface area contributed by atoms with Crippen molar-refractivity contribution in [2.24, 2.45) is 0 Å². The molecule has 0 aliphatic rings. The molecule has 3 aromatic rings. The van der Waals surface area contributed by atoms with Crippen molar-refractivity contribution in [3.8, 4) is 0 Å². The second-order valence-corrected chi connectivity index (χ2v) is 7.68. The number of sulfonamides is 1. The minimum absolute atomic E-state index is 0.0382. The lowest BCUT2D eigenvalue weighted by Gasteiger charge is -2.32. The third-order valence-electron chi connectivity index (χ3n) is 4.51. The van der Waals surface area contributed by atoms with Gasteiger partial charge < -0.3 is 9.15 Å². The lowest BCUT2D eigenvalue weighted by Crippen LogP contribution is -2.41. The van der Waals surface area contributed by atoms with Gasteiger partial charge in [0.2, 0.25) is 10.0 Å². The van der Waals surface area contributed by atoms with Crippen LogP contribution in [0.25, 0.3) is 11.1 Å². The van der Waals surface area contributed by atoms with Gasteiger partial charge in [0.05, 0.1) is 10.4 Å². The summed E-state index contributed by atoms with van der Waals surface area (Å²) >= 11 is 0. The molecule has 2 N–H and O–H groups in total. The quantitative estimate of drug-likeness (QED) is 0.659. The van der Waals surface area contributed by atoms with Crippen LogP contribution in [-0.2, 0) is 20.4 Å². The molecule has 2 aromatic carbocycles. The van der Waals surface area contributed by atoms with Crippen LogP contribution in [0.5, 0.6) is 0 Å². The third-order valence-corrected chi connectivity index (χ3v) is 5.91. The molecule has 7 nitrogen and oxygen atoms in total. The molecule has 0 radical (unpaired) electrons. The van der Waals surface area contributed by atoms with Gasteiger partial charge in [-0.15, -0.1) is 0 Å². The number of H-pyrrole nitrogens is 1. The summed E-state index contributed by atoms with van der Waals surface area (Å²) in [4.78, 5) is 13.7. The van der Waals surface area contributed by atoms with Crippen molar-refractivity contribution in [2.75, 3.05) is 13.7 Å². The number of hydrogen-bond acceptors (Lipinski definition) is 5. The van der Waals surface area contributed by atoms with E-state index in [0.29, 0.717) is 17.5 Å². The van der Waals surface area contributed by atoms with Crippen molar-refractivity contribution in [1.82, 2.24) is 9.71 Å². The van der Waals surface area contributed by atoms with E-state index in [4.69, 9.17) is 9.15 Å². The molecule has 0 aliphatic heterocycles. The molecule has 0 bridgehead atoms. The van der Waals surface area contributed by atoms with E-state index in [1.54, 1.807) is 7.11 Å². The highest BCUT2D eigenvalue weighted by Crippen LogP contribution is 2.28. The fourth-order valence-electron chi connectivity index (χ4n) is 2.90. The Kier molecular flexibility index (Phi) is 4.99. The molecule has 0 saturated carbocycles. The Balaban J connectivity index is 1.88. The SMILES string of the molecule is CCC(CNS(=O)(=O)c1ccc2oc(=O)[nH]c2c1)(OC)c1ccccc1.